The lowest BCUT2D eigenvalue weighted by Gasteiger charge is -2.42. The number of halogens is 4. The van der Waals surface area contributed by atoms with E-state index < -0.39 is 29.1 Å². The summed E-state index contributed by atoms with van der Waals surface area (Å²) in [4.78, 5) is 32.0. The molecular weight excluding hydrogens is 617 g/mol. The van der Waals surface area contributed by atoms with E-state index in [4.69, 9.17) is 9.57 Å². The van der Waals surface area contributed by atoms with Crippen LogP contribution in [0.3, 0.4) is 0 Å². The second kappa shape index (κ2) is 10.9. The first-order chi connectivity index (χ1) is 18.8. The van der Waals surface area contributed by atoms with Crippen molar-refractivity contribution in [3.63, 3.8) is 0 Å². The van der Waals surface area contributed by atoms with E-state index in [0.29, 0.717) is 26.2 Å². The van der Waals surface area contributed by atoms with Gasteiger partial charge in [-0.15, -0.1) is 0 Å². The maximum atomic E-state index is 13.3. The molecular formula is C25H28BrF3N6O4S. The van der Waals surface area contributed by atoms with Gasteiger partial charge in [0.2, 0.25) is 0 Å². The predicted molar refractivity (Wildman–Crippen MR) is 145 cm³/mol. The Hall–Kier alpha value is -2.75. The molecule has 1 amide bonds. The standard InChI is InChI=1S/C25H28BrF3N6O4S/c1-24(2)11-18-19(21(36)32-24)40-23(35(18)39-22(37)25(27,28)29)34-7-8-38-13-16(34)10-14-5-4-6-15(9-14)31-20-17(26)12-30-33(20)3/h4-6,9,12,16,23,31H,7-8,10-11,13H2,1-3H3,(H,32,36). The van der Waals surface area contributed by atoms with Crippen LogP contribution in [0.25, 0.3) is 0 Å². The SMILES string of the molecule is Cn1ncc(Br)c1Nc1cccc(CC2COCCN2C2SC3=C(CC(C)(C)NC3=O)N2OC(=O)C(F)(F)F)c1. The molecule has 1 saturated heterocycles. The van der Waals surface area contributed by atoms with Crippen molar-refractivity contribution < 1.29 is 32.3 Å². The van der Waals surface area contributed by atoms with Gasteiger partial charge in [0.25, 0.3) is 5.91 Å². The lowest BCUT2D eigenvalue weighted by Crippen LogP contribution is -2.56. The number of hydrogen-bond acceptors (Lipinski definition) is 9. The molecule has 4 heterocycles. The third kappa shape index (κ3) is 5.97. The molecule has 0 radical (unpaired) electrons. The molecule has 0 bridgehead atoms. The van der Waals surface area contributed by atoms with Gasteiger partial charge in [0.05, 0.1) is 34.5 Å². The number of hydroxylamine groups is 2. The fourth-order valence-corrected chi connectivity index (χ4v) is 6.73. The number of anilines is 2. The van der Waals surface area contributed by atoms with Crippen molar-refractivity contribution in [2.45, 2.75) is 49.9 Å². The van der Waals surface area contributed by atoms with Crippen LogP contribution >= 0.6 is 27.7 Å². The minimum absolute atomic E-state index is 0.203. The first kappa shape index (κ1) is 28.8. The van der Waals surface area contributed by atoms with Crippen LogP contribution in [0.5, 0.6) is 0 Å². The third-order valence-electron chi connectivity index (χ3n) is 6.74. The number of ether oxygens (including phenoxy) is 1. The molecule has 1 aromatic carbocycles. The summed E-state index contributed by atoms with van der Waals surface area (Å²) in [7, 11) is 1.82. The predicted octanol–water partition coefficient (Wildman–Crippen LogP) is 4.03. The zero-order valence-electron chi connectivity index (χ0n) is 21.9. The highest BCUT2D eigenvalue weighted by Gasteiger charge is 2.51. The molecule has 2 atom stereocenters. The molecule has 3 aliphatic rings. The number of thioether (sulfide) groups is 1. The number of amides is 1. The Labute approximate surface area is 241 Å². The van der Waals surface area contributed by atoms with Gasteiger partial charge in [0.1, 0.15) is 5.82 Å². The number of aromatic nitrogens is 2. The van der Waals surface area contributed by atoms with Crippen LogP contribution in [0.15, 0.2) is 45.5 Å². The molecule has 40 heavy (non-hydrogen) atoms. The molecule has 10 nitrogen and oxygen atoms in total. The summed E-state index contributed by atoms with van der Waals surface area (Å²) in [5, 5.41) is 11.4. The van der Waals surface area contributed by atoms with Crippen molar-refractivity contribution in [3.05, 3.63) is 51.1 Å². The molecule has 2 unspecified atom stereocenters. The van der Waals surface area contributed by atoms with Gasteiger partial charge < -0.3 is 20.2 Å². The van der Waals surface area contributed by atoms with Gasteiger partial charge in [-0.25, -0.2) is 4.79 Å². The Morgan fingerprint density at radius 3 is 2.85 bits per heavy atom. The average molecular weight is 646 g/mol. The fourth-order valence-electron chi connectivity index (χ4n) is 4.94. The normalized spacial score (nSPS) is 23.2. The van der Waals surface area contributed by atoms with Gasteiger partial charge in [-0.3, -0.25) is 14.4 Å². The highest BCUT2D eigenvalue weighted by molar-refractivity contribution is 9.10. The summed E-state index contributed by atoms with van der Waals surface area (Å²) in [6.45, 7) is 4.55. The van der Waals surface area contributed by atoms with Crippen molar-refractivity contribution in [3.8, 4) is 0 Å². The largest absolute Gasteiger partial charge is 0.493 e. The van der Waals surface area contributed by atoms with Gasteiger partial charge in [-0.05, 0) is 53.9 Å². The highest BCUT2D eigenvalue weighted by atomic mass is 79.9. The first-order valence-electron chi connectivity index (χ1n) is 12.5. The van der Waals surface area contributed by atoms with Crippen LogP contribution < -0.4 is 10.6 Å². The van der Waals surface area contributed by atoms with Crippen molar-refractivity contribution >= 4 is 51.1 Å². The van der Waals surface area contributed by atoms with Crippen LogP contribution in [-0.4, -0.2) is 74.6 Å². The number of alkyl halides is 3. The molecule has 3 aliphatic heterocycles. The number of carbonyl (C=O) groups excluding carboxylic acids is 2. The molecule has 1 fully saturated rings. The number of carbonyl (C=O) groups is 2. The maximum absolute atomic E-state index is 13.3. The fraction of sp³-hybridized carbons (Fsp3) is 0.480. The number of morpholine rings is 1. The van der Waals surface area contributed by atoms with E-state index in [2.05, 4.69) is 31.7 Å². The lowest BCUT2D eigenvalue weighted by atomic mass is 9.94. The molecule has 2 aromatic rings. The molecule has 2 N–H and O–H groups in total. The topological polar surface area (TPSA) is 101 Å². The monoisotopic (exact) mass is 644 g/mol. The van der Waals surface area contributed by atoms with E-state index in [9.17, 15) is 22.8 Å². The van der Waals surface area contributed by atoms with Gasteiger partial charge >= 0.3 is 12.1 Å². The number of aryl methyl sites for hydroxylation is 1. The smallest absolute Gasteiger partial charge is 0.378 e. The van der Waals surface area contributed by atoms with Crippen molar-refractivity contribution in [2.24, 2.45) is 7.05 Å². The van der Waals surface area contributed by atoms with Crippen molar-refractivity contribution in [1.29, 1.82) is 0 Å². The van der Waals surface area contributed by atoms with E-state index in [1.807, 2.05) is 36.2 Å². The highest BCUT2D eigenvalue weighted by Crippen LogP contribution is 2.46. The Morgan fingerprint density at radius 1 is 1.38 bits per heavy atom. The molecule has 0 aliphatic carbocycles. The summed E-state index contributed by atoms with van der Waals surface area (Å²) in [6.07, 6.45) is -2.79. The summed E-state index contributed by atoms with van der Waals surface area (Å²) in [6, 6.07) is 7.49. The maximum Gasteiger partial charge on any atom is 0.493 e. The van der Waals surface area contributed by atoms with Gasteiger partial charge in [0, 0.05) is 37.3 Å². The molecule has 216 valence electrons. The van der Waals surface area contributed by atoms with Gasteiger partial charge in [0.15, 0.2) is 5.50 Å². The van der Waals surface area contributed by atoms with E-state index >= 15 is 0 Å². The van der Waals surface area contributed by atoms with Crippen LogP contribution in [0.4, 0.5) is 24.7 Å². The first-order valence-corrected chi connectivity index (χ1v) is 14.2. The number of nitrogens with zero attached hydrogens (tertiary/aromatic N) is 4. The lowest BCUT2D eigenvalue weighted by molar-refractivity contribution is -0.243. The molecule has 5 rings (SSSR count). The Kier molecular flexibility index (Phi) is 7.85. The van der Waals surface area contributed by atoms with E-state index in [1.54, 1.807) is 24.7 Å². The summed E-state index contributed by atoms with van der Waals surface area (Å²) >= 11 is 4.56. The van der Waals surface area contributed by atoms with Crippen LogP contribution in [-0.2, 0) is 32.6 Å². The quantitative estimate of drug-likeness (QED) is 0.483. The summed E-state index contributed by atoms with van der Waals surface area (Å²) < 4.78 is 48.0. The minimum atomic E-state index is -5.19. The Morgan fingerprint density at radius 2 is 2.15 bits per heavy atom. The third-order valence-corrected chi connectivity index (χ3v) is 8.65. The minimum Gasteiger partial charge on any atom is -0.378 e. The molecule has 0 saturated carbocycles. The van der Waals surface area contributed by atoms with Crippen LogP contribution in [0.2, 0.25) is 0 Å². The van der Waals surface area contributed by atoms with Crippen LogP contribution in [0.1, 0.15) is 25.8 Å². The number of hydrogen-bond donors (Lipinski definition) is 2. The van der Waals surface area contributed by atoms with E-state index in [-0.39, 0.29) is 23.1 Å². The summed E-state index contributed by atoms with van der Waals surface area (Å²) in [5.74, 6) is -1.96. The van der Waals surface area contributed by atoms with E-state index in [1.165, 1.54) is 0 Å². The number of nitrogens with one attached hydrogen (secondary N) is 2. The van der Waals surface area contributed by atoms with Gasteiger partial charge in [-0.1, -0.05) is 23.9 Å². The van der Waals surface area contributed by atoms with Gasteiger partial charge in [-0.2, -0.15) is 23.3 Å². The zero-order valence-corrected chi connectivity index (χ0v) is 24.3. The second-order valence-corrected chi connectivity index (χ2v) is 12.3. The Bertz CT molecular complexity index is 1330. The second-order valence-electron chi connectivity index (χ2n) is 10.4. The number of benzene rings is 1. The van der Waals surface area contributed by atoms with Crippen molar-refractivity contribution in [2.75, 3.05) is 25.1 Å². The Balaban J connectivity index is 1.40. The molecule has 15 heteroatoms. The zero-order chi connectivity index (χ0) is 28.8. The summed E-state index contributed by atoms with van der Waals surface area (Å²) in [5.41, 5.74) is 0.463. The average Bonchev–Trinajstić information content (AvgIpc) is 3.38. The van der Waals surface area contributed by atoms with E-state index in [0.717, 1.165) is 38.4 Å². The van der Waals surface area contributed by atoms with Crippen LogP contribution in [0, 0.1) is 0 Å². The molecule has 1 aromatic heterocycles. The number of rotatable bonds is 6. The van der Waals surface area contributed by atoms with Crippen molar-refractivity contribution in [1.82, 2.24) is 25.1 Å². The molecule has 0 spiro atoms.